The van der Waals surface area contributed by atoms with Crippen molar-refractivity contribution >= 4 is 0 Å². The lowest BCUT2D eigenvalue weighted by atomic mass is 10.1. The number of nitrogens with zero attached hydrogens (tertiary/aromatic N) is 2. The van der Waals surface area contributed by atoms with E-state index in [0.717, 1.165) is 28.5 Å². The first-order valence-corrected chi connectivity index (χ1v) is 7.56. The van der Waals surface area contributed by atoms with Gasteiger partial charge >= 0.3 is 0 Å². The Morgan fingerprint density at radius 3 is 2.70 bits per heavy atom. The summed E-state index contributed by atoms with van der Waals surface area (Å²) in [5.74, 6) is 2.40. The second kappa shape index (κ2) is 6.60. The number of benzene rings is 1. The molecule has 6 nitrogen and oxygen atoms in total. The molecule has 1 aliphatic heterocycles. The molecule has 1 aliphatic rings. The predicted molar refractivity (Wildman–Crippen MR) is 86.2 cm³/mol. The maximum absolute atomic E-state index is 5.62. The molecule has 1 aromatic heterocycles. The van der Waals surface area contributed by atoms with Gasteiger partial charge in [-0.3, -0.25) is 0 Å². The largest absolute Gasteiger partial charge is 0.496 e. The van der Waals surface area contributed by atoms with Gasteiger partial charge in [-0.2, -0.15) is 0 Å². The quantitative estimate of drug-likeness (QED) is 0.847. The zero-order chi connectivity index (χ0) is 16.4. The minimum atomic E-state index is 0.0216. The zero-order valence-corrected chi connectivity index (χ0v) is 13.9. The van der Waals surface area contributed by atoms with Gasteiger partial charge in [-0.15, -0.1) is 0 Å². The Morgan fingerprint density at radius 2 is 2.00 bits per heavy atom. The van der Waals surface area contributed by atoms with Crippen LogP contribution in [0.15, 0.2) is 24.5 Å². The number of methoxy groups -OCH3 is 3. The fourth-order valence-corrected chi connectivity index (χ4v) is 3.13. The molecule has 2 atom stereocenters. The lowest BCUT2D eigenvalue weighted by Crippen LogP contribution is -2.24. The first-order valence-electron chi connectivity index (χ1n) is 7.56. The molecule has 0 radical (unpaired) electrons. The van der Waals surface area contributed by atoms with Crippen molar-refractivity contribution in [2.45, 2.75) is 19.1 Å². The smallest absolute Gasteiger partial charge is 0.144 e. The third-order valence-corrected chi connectivity index (χ3v) is 4.35. The van der Waals surface area contributed by atoms with E-state index in [1.54, 1.807) is 27.5 Å². The lowest BCUT2D eigenvalue weighted by molar-refractivity contribution is 0.0688. The van der Waals surface area contributed by atoms with E-state index in [-0.39, 0.29) is 12.1 Å². The van der Waals surface area contributed by atoms with Crippen molar-refractivity contribution in [3.8, 4) is 22.9 Å². The number of aromatic nitrogens is 2. The zero-order valence-electron chi connectivity index (χ0n) is 13.9. The molecule has 3 rings (SSSR count). The van der Waals surface area contributed by atoms with Crippen molar-refractivity contribution in [3.63, 3.8) is 0 Å². The Labute approximate surface area is 135 Å². The van der Waals surface area contributed by atoms with Crippen LogP contribution in [0.2, 0.25) is 0 Å². The van der Waals surface area contributed by atoms with Crippen molar-refractivity contribution in [3.05, 3.63) is 30.1 Å². The molecule has 0 N–H and O–H groups in total. The topological polar surface area (TPSA) is 54.7 Å². The minimum absolute atomic E-state index is 0.0216. The van der Waals surface area contributed by atoms with Gasteiger partial charge in [-0.1, -0.05) is 0 Å². The van der Waals surface area contributed by atoms with Crippen molar-refractivity contribution in [2.75, 3.05) is 34.5 Å². The molecule has 0 aliphatic carbocycles. The van der Waals surface area contributed by atoms with Gasteiger partial charge in [-0.25, -0.2) is 4.98 Å². The van der Waals surface area contributed by atoms with Gasteiger partial charge < -0.3 is 23.5 Å². The number of ether oxygens (including phenoxy) is 4. The van der Waals surface area contributed by atoms with Crippen LogP contribution in [-0.4, -0.2) is 50.2 Å². The SMILES string of the molecule is COc1ccc(-c2nccn2[C@@H]2COC[C@@H]2OC)c(OC)c1C. The molecule has 1 saturated heterocycles. The van der Waals surface area contributed by atoms with Gasteiger partial charge in [0.15, 0.2) is 0 Å². The van der Waals surface area contributed by atoms with Crippen LogP contribution in [0.25, 0.3) is 11.4 Å². The summed E-state index contributed by atoms with van der Waals surface area (Å²) in [5, 5.41) is 0. The van der Waals surface area contributed by atoms with E-state index in [9.17, 15) is 0 Å². The standard InChI is InChI=1S/C17H22N2O4/c1-11-14(20-2)6-5-12(16(11)22-4)17-18-7-8-19(17)13-9-23-10-15(13)21-3/h5-8,13,15H,9-10H2,1-4H3/t13-,15+/m1/s1. The summed E-state index contributed by atoms with van der Waals surface area (Å²) in [4.78, 5) is 4.54. The third-order valence-electron chi connectivity index (χ3n) is 4.35. The van der Waals surface area contributed by atoms with E-state index >= 15 is 0 Å². The summed E-state index contributed by atoms with van der Waals surface area (Å²) in [6.07, 6.45) is 3.77. The van der Waals surface area contributed by atoms with Gasteiger partial charge in [-0.05, 0) is 19.1 Å². The monoisotopic (exact) mass is 318 g/mol. The molecular weight excluding hydrogens is 296 g/mol. The van der Waals surface area contributed by atoms with E-state index in [1.807, 2.05) is 25.3 Å². The van der Waals surface area contributed by atoms with Gasteiger partial charge in [0, 0.05) is 25.1 Å². The molecule has 23 heavy (non-hydrogen) atoms. The summed E-state index contributed by atoms with van der Waals surface area (Å²) in [7, 11) is 5.03. The highest BCUT2D eigenvalue weighted by Crippen LogP contribution is 2.38. The molecule has 1 aromatic carbocycles. The second-order valence-corrected chi connectivity index (χ2v) is 5.51. The summed E-state index contributed by atoms with van der Waals surface area (Å²) in [6, 6.07) is 4.01. The van der Waals surface area contributed by atoms with Crippen LogP contribution in [0.4, 0.5) is 0 Å². The van der Waals surface area contributed by atoms with Crippen LogP contribution >= 0.6 is 0 Å². The van der Waals surface area contributed by atoms with Gasteiger partial charge in [0.1, 0.15) is 23.4 Å². The summed E-state index contributed by atoms with van der Waals surface area (Å²) >= 11 is 0. The number of hydrogen-bond donors (Lipinski definition) is 0. The van der Waals surface area contributed by atoms with Crippen molar-refractivity contribution < 1.29 is 18.9 Å². The van der Waals surface area contributed by atoms with Crippen molar-refractivity contribution in [1.29, 1.82) is 0 Å². The van der Waals surface area contributed by atoms with Crippen LogP contribution in [0.5, 0.6) is 11.5 Å². The third kappa shape index (κ3) is 2.68. The molecule has 2 aromatic rings. The number of rotatable bonds is 5. The highest BCUT2D eigenvalue weighted by Gasteiger charge is 2.31. The van der Waals surface area contributed by atoms with Crippen LogP contribution in [0.1, 0.15) is 11.6 Å². The average Bonchev–Trinajstić information content (AvgIpc) is 3.22. The predicted octanol–water partition coefficient (Wildman–Crippen LogP) is 2.46. The molecule has 0 amide bonds. The normalized spacial score (nSPS) is 20.7. The highest BCUT2D eigenvalue weighted by atomic mass is 16.5. The Kier molecular flexibility index (Phi) is 4.54. The fraction of sp³-hybridized carbons (Fsp3) is 0.471. The first kappa shape index (κ1) is 15.8. The molecular formula is C17H22N2O4. The van der Waals surface area contributed by atoms with Gasteiger partial charge in [0.2, 0.25) is 0 Å². The Balaban J connectivity index is 2.07. The van der Waals surface area contributed by atoms with Crippen LogP contribution in [0, 0.1) is 6.92 Å². The second-order valence-electron chi connectivity index (χ2n) is 5.51. The Hall–Kier alpha value is -2.05. The van der Waals surface area contributed by atoms with Crippen LogP contribution < -0.4 is 9.47 Å². The van der Waals surface area contributed by atoms with Crippen molar-refractivity contribution in [2.24, 2.45) is 0 Å². The van der Waals surface area contributed by atoms with E-state index in [0.29, 0.717) is 13.2 Å². The highest BCUT2D eigenvalue weighted by molar-refractivity contribution is 5.69. The molecule has 124 valence electrons. The molecule has 0 saturated carbocycles. The molecule has 0 spiro atoms. The Bertz CT molecular complexity index is 683. The molecule has 2 heterocycles. The Morgan fingerprint density at radius 1 is 1.17 bits per heavy atom. The van der Waals surface area contributed by atoms with E-state index in [2.05, 4.69) is 9.55 Å². The lowest BCUT2D eigenvalue weighted by Gasteiger charge is -2.21. The van der Waals surface area contributed by atoms with E-state index in [1.165, 1.54) is 0 Å². The maximum atomic E-state index is 5.62. The summed E-state index contributed by atoms with van der Waals surface area (Å²) in [5.41, 5.74) is 1.88. The van der Waals surface area contributed by atoms with Gasteiger partial charge in [0.25, 0.3) is 0 Å². The molecule has 1 fully saturated rings. The summed E-state index contributed by atoms with van der Waals surface area (Å²) in [6.45, 7) is 3.18. The van der Waals surface area contributed by atoms with E-state index in [4.69, 9.17) is 18.9 Å². The summed E-state index contributed by atoms with van der Waals surface area (Å²) < 4.78 is 24.2. The van der Waals surface area contributed by atoms with Crippen LogP contribution in [-0.2, 0) is 9.47 Å². The minimum Gasteiger partial charge on any atom is -0.496 e. The average molecular weight is 318 g/mol. The van der Waals surface area contributed by atoms with E-state index < -0.39 is 0 Å². The number of imidazole rings is 1. The van der Waals surface area contributed by atoms with Gasteiger partial charge in [0.05, 0.1) is 39.0 Å². The maximum Gasteiger partial charge on any atom is 0.144 e. The van der Waals surface area contributed by atoms with Crippen molar-refractivity contribution in [1.82, 2.24) is 9.55 Å². The molecule has 0 bridgehead atoms. The fourth-order valence-electron chi connectivity index (χ4n) is 3.13. The molecule has 6 heteroatoms. The number of hydrogen-bond acceptors (Lipinski definition) is 5. The first-order chi connectivity index (χ1) is 11.2. The van der Waals surface area contributed by atoms with Crippen LogP contribution in [0.3, 0.4) is 0 Å². The molecule has 0 unspecified atom stereocenters.